The summed E-state index contributed by atoms with van der Waals surface area (Å²) >= 11 is 0. The highest BCUT2D eigenvalue weighted by Crippen LogP contribution is 2.43. The third-order valence-corrected chi connectivity index (χ3v) is 12.2. The zero-order valence-corrected chi connectivity index (χ0v) is 41.8. The van der Waals surface area contributed by atoms with Crippen LogP contribution >= 0.6 is 0 Å². The first-order chi connectivity index (χ1) is 37.0. The van der Waals surface area contributed by atoms with Crippen molar-refractivity contribution in [3.63, 3.8) is 0 Å². The van der Waals surface area contributed by atoms with E-state index >= 15 is 0 Å². The van der Waals surface area contributed by atoms with E-state index in [9.17, 15) is 50.6 Å². The number of methoxy groups -OCH3 is 4. The Hall–Kier alpha value is -9.04. The summed E-state index contributed by atoms with van der Waals surface area (Å²) in [5.41, 5.74) is 3.23. The van der Waals surface area contributed by atoms with Crippen molar-refractivity contribution in [1.82, 2.24) is 20.6 Å². The molecule has 0 saturated carbocycles. The molecule has 0 aliphatic rings. The molecule has 8 rings (SSSR count). The molecule has 0 fully saturated rings. The van der Waals surface area contributed by atoms with Crippen LogP contribution in [-0.4, -0.2) is 86.0 Å². The number of carboxylic acids is 1. The maximum atomic E-state index is 14.2. The number of aliphatic carboxylic acids is 1. The topological polar surface area (TPSA) is 184 Å². The van der Waals surface area contributed by atoms with Gasteiger partial charge in [-0.3, -0.25) is 19.6 Å². The number of carboxylic acid groups (broad SMARTS) is 1. The molecule has 0 aliphatic heterocycles. The summed E-state index contributed by atoms with van der Waals surface area (Å²) in [7, 11) is 5.61. The van der Waals surface area contributed by atoms with Crippen molar-refractivity contribution in [3.05, 3.63) is 184 Å². The van der Waals surface area contributed by atoms with Crippen LogP contribution in [0.4, 0.5) is 26.3 Å². The van der Waals surface area contributed by atoms with Crippen molar-refractivity contribution >= 4 is 45.6 Å². The van der Waals surface area contributed by atoms with Gasteiger partial charge in [0.1, 0.15) is 63.7 Å². The number of nitrogens with zero attached hydrogens (tertiary/aromatic N) is 2. The van der Waals surface area contributed by atoms with Gasteiger partial charge < -0.3 is 39.4 Å². The van der Waals surface area contributed by atoms with Crippen LogP contribution in [-0.2, 0) is 38.5 Å². The number of hydrogen-bond acceptors (Lipinski definition) is 11. The summed E-state index contributed by atoms with van der Waals surface area (Å²) in [5.74, 6) is -9.81. The van der Waals surface area contributed by atoms with Gasteiger partial charge in [-0.1, -0.05) is 56.0 Å². The molecule has 8 aromatic rings. The van der Waals surface area contributed by atoms with E-state index in [1.54, 1.807) is 50.7 Å². The molecule has 0 spiro atoms. The SMILES string of the molecule is C.CCOCc1cc(OC)c(-c2ccc(C[C@H](NC(=O)c3c(F)cccc3F)C(=O)OC)c3ncccc23)c(OC)c1.COc1cc(F)c(F)cc1-c1ccc(C[C@H](NC(=O)c2c(F)cccc2F)C(=O)O)c2ncccc12. The highest BCUT2D eigenvalue weighted by Gasteiger charge is 2.29. The van der Waals surface area contributed by atoms with Crippen LogP contribution in [0.5, 0.6) is 17.2 Å². The van der Waals surface area contributed by atoms with Gasteiger partial charge in [0.05, 0.1) is 51.6 Å². The van der Waals surface area contributed by atoms with Crippen LogP contribution in [0, 0.1) is 34.9 Å². The average Bonchev–Trinajstić information content (AvgIpc) is 3.45. The molecule has 14 nitrogen and oxygen atoms in total. The number of ether oxygens (including phenoxy) is 5. The Labute approximate surface area is 443 Å². The van der Waals surface area contributed by atoms with Gasteiger partial charge in [0.25, 0.3) is 11.8 Å². The van der Waals surface area contributed by atoms with Crippen molar-refractivity contribution in [2.75, 3.05) is 35.0 Å². The van der Waals surface area contributed by atoms with E-state index < -0.39 is 81.9 Å². The number of carbonyl (C=O) groups excluding carboxylic acids is 3. The Bertz CT molecular complexity index is 3460. The molecule has 3 N–H and O–H groups in total. The number of halogens is 6. The summed E-state index contributed by atoms with van der Waals surface area (Å²) < 4.78 is 111. The van der Waals surface area contributed by atoms with Crippen molar-refractivity contribution < 1.29 is 74.3 Å². The number of rotatable bonds is 18. The first-order valence-corrected chi connectivity index (χ1v) is 23.4. The van der Waals surface area contributed by atoms with Gasteiger partial charge in [-0.2, -0.15) is 0 Å². The zero-order chi connectivity index (χ0) is 55.5. The van der Waals surface area contributed by atoms with E-state index in [-0.39, 0.29) is 31.6 Å². The fourth-order valence-corrected chi connectivity index (χ4v) is 8.55. The minimum Gasteiger partial charge on any atom is -0.496 e. The standard InChI is InChI=1S/C31H30F2N2O6.C26H18F4N2O4.CH4/c1-5-41-17-18-14-25(38-2)27(26(15-18)39-3)20-12-11-19(29-21(20)8-7-13-34-29)16-24(31(37)40-4)35-30(36)28-22(32)9-6-10-23(28)33;1-36-22-12-20(30)19(29)11-16(22)14-8-7-13(24-15(14)4-3-9-31-24)10-21(26(34)35)32-25(33)23-17(27)5-2-6-18(23)28;/h6-15,24H,5,16-17H2,1-4H3,(H,35,36);2-9,11-12,21H,10H2,1H3,(H,32,33)(H,34,35);1H4/t24-;21-;/m00./s1. The van der Waals surface area contributed by atoms with E-state index in [1.807, 2.05) is 31.2 Å². The Balaban J connectivity index is 0.000000251. The zero-order valence-electron chi connectivity index (χ0n) is 41.8. The molecule has 406 valence electrons. The lowest BCUT2D eigenvalue weighted by Gasteiger charge is -2.20. The molecule has 0 radical (unpaired) electrons. The second-order valence-electron chi connectivity index (χ2n) is 16.8. The molecule has 0 saturated heterocycles. The number of pyridine rings is 2. The van der Waals surface area contributed by atoms with Gasteiger partial charge in [0.15, 0.2) is 11.6 Å². The predicted molar refractivity (Wildman–Crippen MR) is 278 cm³/mol. The summed E-state index contributed by atoms with van der Waals surface area (Å²) in [6.45, 7) is 2.87. The smallest absolute Gasteiger partial charge is 0.328 e. The highest BCUT2D eigenvalue weighted by molar-refractivity contribution is 6.02. The van der Waals surface area contributed by atoms with Crippen molar-refractivity contribution in [3.8, 4) is 39.5 Å². The molecular formula is C58H52F6N4O10. The van der Waals surface area contributed by atoms with Gasteiger partial charge in [0, 0.05) is 54.2 Å². The number of hydrogen-bond donors (Lipinski definition) is 3. The van der Waals surface area contributed by atoms with E-state index in [1.165, 1.54) is 26.5 Å². The number of benzene rings is 6. The maximum absolute atomic E-state index is 14.2. The fourth-order valence-electron chi connectivity index (χ4n) is 8.55. The second-order valence-corrected chi connectivity index (χ2v) is 16.8. The molecular weight excluding hydrogens is 1030 g/mol. The van der Waals surface area contributed by atoms with E-state index in [0.29, 0.717) is 63.4 Å². The molecule has 2 heterocycles. The lowest BCUT2D eigenvalue weighted by atomic mass is 9.93. The van der Waals surface area contributed by atoms with Crippen LogP contribution in [0.2, 0.25) is 0 Å². The lowest BCUT2D eigenvalue weighted by Crippen LogP contribution is -2.43. The number of carbonyl (C=O) groups is 4. The van der Waals surface area contributed by atoms with Crippen LogP contribution < -0.4 is 24.8 Å². The Kier molecular flexibility index (Phi) is 19.5. The summed E-state index contributed by atoms with van der Waals surface area (Å²) in [4.78, 5) is 58.7. The molecule has 2 atom stereocenters. The summed E-state index contributed by atoms with van der Waals surface area (Å²) in [6, 6.07) is 22.4. The van der Waals surface area contributed by atoms with Crippen LogP contribution in [0.25, 0.3) is 44.1 Å². The monoisotopic (exact) mass is 1080 g/mol. The molecule has 78 heavy (non-hydrogen) atoms. The number of esters is 1. The van der Waals surface area contributed by atoms with Crippen molar-refractivity contribution in [1.29, 1.82) is 0 Å². The van der Waals surface area contributed by atoms with Crippen molar-refractivity contribution in [2.24, 2.45) is 0 Å². The largest absolute Gasteiger partial charge is 0.496 e. The molecule has 0 bridgehead atoms. The quantitative estimate of drug-likeness (QED) is 0.0547. The Morgan fingerprint density at radius 2 is 1.01 bits per heavy atom. The Morgan fingerprint density at radius 1 is 0.551 bits per heavy atom. The molecule has 0 aliphatic carbocycles. The van der Waals surface area contributed by atoms with Gasteiger partial charge in [0.2, 0.25) is 0 Å². The predicted octanol–water partition coefficient (Wildman–Crippen LogP) is 10.8. The molecule has 20 heteroatoms. The van der Waals surface area contributed by atoms with Gasteiger partial charge in [-0.25, -0.2) is 35.9 Å². The van der Waals surface area contributed by atoms with Crippen LogP contribution in [0.3, 0.4) is 0 Å². The van der Waals surface area contributed by atoms with Crippen molar-refractivity contribution in [2.45, 2.75) is 45.9 Å². The molecule has 0 unspecified atom stereocenters. The van der Waals surface area contributed by atoms with E-state index in [2.05, 4.69) is 20.6 Å². The maximum Gasteiger partial charge on any atom is 0.328 e. The number of amides is 2. The van der Waals surface area contributed by atoms with Gasteiger partial charge in [-0.15, -0.1) is 0 Å². The highest BCUT2D eigenvalue weighted by atomic mass is 19.2. The number of aromatic nitrogens is 2. The third kappa shape index (κ3) is 12.8. The van der Waals surface area contributed by atoms with Crippen LogP contribution in [0.15, 0.2) is 122 Å². The summed E-state index contributed by atoms with van der Waals surface area (Å²) in [6.07, 6.45) is 2.74. The molecule has 6 aromatic carbocycles. The Morgan fingerprint density at radius 3 is 1.49 bits per heavy atom. The normalized spacial score (nSPS) is 11.6. The number of fused-ring (bicyclic) bond motifs is 2. The number of nitrogens with one attached hydrogen (secondary N) is 2. The fraction of sp³-hybridized carbons (Fsp3) is 0.207. The van der Waals surface area contributed by atoms with Gasteiger partial charge >= 0.3 is 11.9 Å². The minimum atomic E-state index is -1.55. The first kappa shape index (κ1) is 58.2. The molecule has 2 aromatic heterocycles. The molecule has 2 amide bonds. The summed E-state index contributed by atoms with van der Waals surface area (Å²) in [5, 5.41) is 15.5. The average molecular weight is 1080 g/mol. The first-order valence-electron chi connectivity index (χ1n) is 23.4. The second kappa shape index (κ2) is 26.1. The van der Waals surface area contributed by atoms with Gasteiger partial charge in [-0.05, 0) is 89.3 Å². The van der Waals surface area contributed by atoms with E-state index in [0.717, 1.165) is 65.0 Å². The third-order valence-electron chi connectivity index (χ3n) is 12.2. The van der Waals surface area contributed by atoms with Crippen LogP contribution in [0.1, 0.15) is 51.8 Å². The lowest BCUT2D eigenvalue weighted by molar-refractivity contribution is -0.143. The van der Waals surface area contributed by atoms with E-state index in [4.69, 9.17) is 23.7 Å². The minimum absolute atomic E-state index is 0.